The van der Waals surface area contributed by atoms with Crippen molar-refractivity contribution in [3.05, 3.63) is 0 Å². The van der Waals surface area contributed by atoms with Gasteiger partial charge in [0.1, 0.15) is 6.04 Å². The van der Waals surface area contributed by atoms with Crippen molar-refractivity contribution in [3.8, 4) is 0 Å². The molecular weight excluding hydrogens is 376 g/mol. The zero-order valence-electron chi connectivity index (χ0n) is 19.7. The number of hydrogen-bond acceptors (Lipinski definition) is 2. The van der Waals surface area contributed by atoms with E-state index < -0.39 is 8.24 Å². The molecule has 1 heterocycles. The average molecular weight is 421 g/mol. The Morgan fingerprint density at radius 3 is 1.62 bits per heavy atom. The molecule has 4 nitrogen and oxygen atoms in total. The summed E-state index contributed by atoms with van der Waals surface area (Å²) in [6.07, 6.45) is 11.5. The minimum absolute atomic E-state index is 0.0836. The van der Waals surface area contributed by atoms with Crippen molar-refractivity contribution in [3.63, 3.8) is 0 Å². The van der Waals surface area contributed by atoms with Gasteiger partial charge in [-0.15, -0.1) is 0 Å². The molecule has 29 heavy (non-hydrogen) atoms. The van der Waals surface area contributed by atoms with Crippen molar-refractivity contribution in [1.29, 1.82) is 0 Å². The number of carbonyl (C=O) groups excluding carboxylic acids is 2. The van der Waals surface area contributed by atoms with Gasteiger partial charge in [-0.2, -0.15) is 0 Å². The lowest BCUT2D eigenvalue weighted by Crippen LogP contribution is -2.65. The third kappa shape index (κ3) is 3.81. The second-order valence-electron chi connectivity index (χ2n) is 10.8. The van der Waals surface area contributed by atoms with Crippen molar-refractivity contribution < 1.29 is 9.59 Å². The molecule has 1 atom stereocenters. The lowest BCUT2D eigenvalue weighted by molar-refractivity contribution is -0.131. The Bertz CT molecular complexity index is 570. The number of nitrogens with zero attached hydrogens (tertiary/aromatic N) is 2. The van der Waals surface area contributed by atoms with Gasteiger partial charge < -0.3 is 4.57 Å². The second-order valence-corrected chi connectivity index (χ2v) is 16.6. The van der Waals surface area contributed by atoms with Crippen LogP contribution in [0.5, 0.6) is 0 Å². The Morgan fingerprint density at radius 1 is 0.724 bits per heavy atom. The van der Waals surface area contributed by atoms with Gasteiger partial charge in [0.15, 0.2) is 8.24 Å². The highest BCUT2D eigenvalue weighted by Gasteiger charge is 2.61. The largest absolute Gasteiger partial charge is 0.339 e. The van der Waals surface area contributed by atoms with Gasteiger partial charge >= 0.3 is 6.03 Å². The molecular formula is C24H44N2O2Si. The van der Waals surface area contributed by atoms with Crippen LogP contribution in [-0.2, 0) is 4.79 Å². The normalized spacial score (nSPS) is 25.9. The summed E-state index contributed by atoms with van der Waals surface area (Å²) >= 11 is 0. The van der Waals surface area contributed by atoms with Crippen LogP contribution in [-0.4, -0.2) is 41.7 Å². The molecule has 0 radical (unpaired) electrons. The van der Waals surface area contributed by atoms with Crippen LogP contribution in [0.1, 0.15) is 106 Å². The monoisotopic (exact) mass is 420 g/mol. The first-order chi connectivity index (χ1) is 13.7. The van der Waals surface area contributed by atoms with E-state index in [4.69, 9.17) is 0 Å². The van der Waals surface area contributed by atoms with Crippen LogP contribution in [0.3, 0.4) is 0 Å². The molecule has 0 spiro atoms. The maximum absolute atomic E-state index is 14.1. The molecule has 1 aliphatic heterocycles. The lowest BCUT2D eigenvalue weighted by Gasteiger charge is -2.52. The van der Waals surface area contributed by atoms with Gasteiger partial charge in [0.2, 0.25) is 0 Å². The molecule has 0 aromatic heterocycles. The van der Waals surface area contributed by atoms with E-state index in [9.17, 15) is 9.59 Å². The van der Waals surface area contributed by atoms with Gasteiger partial charge in [0.05, 0.1) is 0 Å². The molecule has 1 unspecified atom stereocenters. The maximum atomic E-state index is 14.1. The zero-order chi connectivity index (χ0) is 21.3. The van der Waals surface area contributed by atoms with Crippen LogP contribution in [0, 0.1) is 5.92 Å². The van der Waals surface area contributed by atoms with Crippen LogP contribution >= 0.6 is 0 Å². The Morgan fingerprint density at radius 2 is 1.17 bits per heavy atom. The number of carbonyl (C=O) groups is 2. The molecule has 0 aromatic rings. The fourth-order valence-electron chi connectivity index (χ4n) is 7.36. The van der Waals surface area contributed by atoms with Gasteiger partial charge in [-0.25, -0.2) is 4.79 Å². The summed E-state index contributed by atoms with van der Waals surface area (Å²) in [7, 11) is -2.23. The first-order valence-electron chi connectivity index (χ1n) is 12.4. The van der Waals surface area contributed by atoms with Crippen molar-refractivity contribution >= 4 is 20.2 Å². The van der Waals surface area contributed by atoms with Crippen LogP contribution in [0.25, 0.3) is 0 Å². The van der Waals surface area contributed by atoms with Crippen molar-refractivity contribution in [2.24, 2.45) is 5.92 Å². The molecule has 3 amide bonds. The summed E-state index contributed by atoms with van der Waals surface area (Å²) in [5.74, 6) is 0.518. The molecule has 3 fully saturated rings. The average Bonchev–Trinajstić information content (AvgIpc) is 2.93. The predicted octanol–water partition coefficient (Wildman–Crippen LogP) is 6.71. The Kier molecular flexibility index (Phi) is 7.17. The summed E-state index contributed by atoms with van der Waals surface area (Å²) in [6, 6.07) is 0.0295. The van der Waals surface area contributed by atoms with Crippen LogP contribution in [0.15, 0.2) is 0 Å². The molecule has 0 N–H and O–H groups in total. The number of rotatable bonds is 6. The third-order valence-corrected chi connectivity index (χ3v) is 15.3. The van der Waals surface area contributed by atoms with Gasteiger partial charge in [-0.3, -0.25) is 9.69 Å². The summed E-state index contributed by atoms with van der Waals surface area (Å²) in [4.78, 5) is 29.8. The topological polar surface area (TPSA) is 40.6 Å². The maximum Gasteiger partial charge on any atom is 0.319 e. The van der Waals surface area contributed by atoms with E-state index in [1.54, 1.807) is 4.90 Å². The van der Waals surface area contributed by atoms with Crippen LogP contribution in [0.2, 0.25) is 16.6 Å². The van der Waals surface area contributed by atoms with E-state index >= 15 is 0 Å². The summed E-state index contributed by atoms with van der Waals surface area (Å²) in [5, 5.41) is 0. The van der Waals surface area contributed by atoms with Gasteiger partial charge in [-0.1, -0.05) is 80.1 Å². The molecule has 3 rings (SSSR count). The van der Waals surface area contributed by atoms with Crippen molar-refractivity contribution in [1.82, 2.24) is 9.47 Å². The Labute approximate surface area is 179 Å². The fourth-order valence-corrected chi connectivity index (χ4v) is 14.3. The van der Waals surface area contributed by atoms with Gasteiger partial charge in [0, 0.05) is 6.04 Å². The van der Waals surface area contributed by atoms with Gasteiger partial charge in [0.25, 0.3) is 5.91 Å². The highest BCUT2D eigenvalue weighted by Crippen LogP contribution is 2.49. The van der Waals surface area contributed by atoms with E-state index in [2.05, 4.69) is 46.1 Å². The lowest BCUT2D eigenvalue weighted by atomic mass is 9.83. The van der Waals surface area contributed by atoms with Crippen LogP contribution in [0.4, 0.5) is 4.79 Å². The summed E-state index contributed by atoms with van der Waals surface area (Å²) < 4.78 is 2.28. The molecule has 0 aromatic carbocycles. The minimum Gasteiger partial charge on any atom is -0.339 e. The summed E-state index contributed by atoms with van der Waals surface area (Å²) in [5.41, 5.74) is 1.32. The first kappa shape index (κ1) is 22.8. The van der Waals surface area contributed by atoms with Crippen molar-refractivity contribution in [2.45, 2.75) is 134 Å². The van der Waals surface area contributed by atoms with Gasteiger partial charge in [-0.05, 0) is 48.2 Å². The number of urea groups is 1. The smallest absolute Gasteiger partial charge is 0.319 e. The molecule has 0 bridgehead atoms. The van der Waals surface area contributed by atoms with Crippen molar-refractivity contribution in [2.75, 3.05) is 0 Å². The highest BCUT2D eigenvalue weighted by atomic mass is 28.3. The highest BCUT2D eigenvalue weighted by molar-refractivity contribution is 6.83. The molecule has 1 saturated heterocycles. The standard InChI is InChI=1S/C24H44N2O2Si/c1-17(2)29(18(3)4,19(5)6)26-22(20-13-9-7-10-14-20)23(27)25(24(26)28)21-15-11-8-12-16-21/h17-22H,7-16H2,1-6H3. The molecule has 5 heteroatoms. The van der Waals surface area contributed by atoms with E-state index in [1.165, 1.54) is 25.7 Å². The molecule has 166 valence electrons. The van der Waals surface area contributed by atoms with E-state index in [0.717, 1.165) is 38.5 Å². The minimum atomic E-state index is -2.23. The Hall–Kier alpha value is -0.843. The molecule has 2 aliphatic carbocycles. The van der Waals surface area contributed by atoms with E-state index in [-0.39, 0.29) is 24.0 Å². The fraction of sp³-hybridized carbons (Fsp3) is 0.917. The number of hydrogen-bond donors (Lipinski definition) is 0. The SMILES string of the molecule is CC(C)[Si](C(C)C)(C(C)C)N1C(=O)N(C2CCCCC2)C(=O)C1C1CCCCC1. The van der Waals surface area contributed by atoms with E-state index in [1.807, 2.05) is 0 Å². The molecule has 3 aliphatic rings. The third-order valence-electron chi connectivity index (χ3n) is 8.41. The number of imide groups is 1. The van der Waals surface area contributed by atoms with E-state index in [0.29, 0.717) is 22.5 Å². The first-order valence-corrected chi connectivity index (χ1v) is 14.6. The molecule has 2 saturated carbocycles. The second kappa shape index (κ2) is 9.11. The number of amides is 3. The predicted molar refractivity (Wildman–Crippen MR) is 122 cm³/mol. The zero-order valence-corrected chi connectivity index (χ0v) is 20.7. The Balaban J connectivity index is 2.08. The summed E-state index contributed by atoms with van der Waals surface area (Å²) in [6.45, 7) is 13.9. The quantitative estimate of drug-likeness (QED) is 0.354. The van der Waals surface area contributed by atoms with Crippen LogP contribution < -0.4 is 0 Å².